The van der Waals surface area contributed by atoms with Crippen LogP contribution in [0, 0.1) is 6.92 Å². The van der Waals surface area contributed by atoms with Gasteiger partial charge in [-0.15, -0.1) is 0 Å². The Morgan fingerprint density at radius 2 is 1.90 bits per heavy atom. The van der Waals surface area contributed by atoms with E-state index in [1.807, 2.05) is 19.1 Å². The van der Waals surface area contributed by atoms with Gasteiger partial charge in [0.25, 0.3) is 5.78 Å². The van der Waals surface area contributed by atoms with Gasteiger partial charge in [0.2, 0.25) is 0 Å². The third-order valence-electron chi connectivity index (χ3n) is 6.59. The molecule has 0 bridgehead atoms. The molecule has 0 spiro atoms. The summed E-state index contributed by atoms with van der Waals surface area (Å²) in [6.45, 7) is 4.35. The number of Topliss-reactive ketones (excluding diaryl/α,β-unsaturated/α-hetero) is 1. The van der Waals surface area contributed by atoms with Crippen LogP contribution in [-0.2, 0) is 9.59 Å². The average Bonchev–Trinajstić information content (AvgIpc) is 3.58. The highest BCUT2D eigenvalue weighted by molar-refractivity contribution is 7.22. The number of rotatable bonds is 6. The number of anilines is 1. The number of fused-ring (bicyclic) bond motifs is 2. The molecule has 0 saturated carbocycles. The quantitative estimate of drug-likeness (QED) is 0.149. The Balaban J connectivity index is 1.56. The van der Waals surface area contributed by atoms with Gasteiger partial charge < -0.3 is 9.84 Å². The summed E-state index contributed by atoms with van der Waals surface area (Å²) in [6.07, 6.45) is 2.62. The van der Waals surface area contributed by atoms with Crippen molar-refractivity contribution in [3.63, 3.8) is 0 Å². The number of thiazole rings is 1. The maximum atomic E-state index is 13.6. The lowest BCUT2D eigenvalue weighted by Gasteiger charge is -2.23. The number of pyridine rings is 1. The molecule has 0 radical (unpaired) electrons. The van der Waals surface area contributed by atoms with Gasteiger partial charge in [-0.1, -0.05) is 48.1 Å². The van der Waals surface area contributed by atoms with Crippen LogP contribution in [0.15, 0.2) is 72.4 Å². The predicted molar refractivity (Wildman–Crippen MR) is 152 cm³/mol. The molecule has 1 aliphatic rings. The lowest BCUT2D eigenvalue weighted by Crippen LogP contribution is -2.29. The molecule has 1 unspecified atom stereocenters. The maximum absolute atomic E-state index is 13.6. The zero-order chi connectivity index (χ0) is 27.3. The lowest BCUT2D eigenvalue weighted by molar-refractivity contribution is -0.132. The number of amides is 1. The highest BCUT2D eigenvalue weighted by Crippen LogP contribution is 2.45. The summed E-state index contributed by atoms with van der Waals surface area (Å²) < 4.78 is 8.21. The third-order valence-corrected chi connectivity index (χ3v) is 7.84. The average molecular weight is 559 g/mol. The summed E-state index contributed by atoms with van der Waals surface area (Å²) in [5.74, 6) is -1.20. The molecular formula is C29H23ClN4O4S. The first-order valence-electron chi connectivity index (χ1n) is 12.4. The molecule has 10 heteroatoms. The van der Waals surface area contributed by atoms with Crippen LogP contribution < -0.4 is 9.64 Å². The minimum atomic E-state index is -0.921. The molecule has 1 aliphatic heterocycles. The molecule has 6 rings (SSSR count). The standard InChI is InChI=1S/C29H23ClN4O4S/c1-3-14-38-19-10-7-17(8-11-19)25-23(26(35)24-16(2)31-22-6-4-5-13-33(22)24)27(36)28(37)34(25)29-32-20-12-9-18(30)15-21(20)39-29/h4-13,15,25,35H,3,14H2,1-2H3. The molecule has 4 heterocycles. The molecule has 2 aromatic carbocycles. The Bertz CT molecular complexity index is 1790. The number of carbonyl (C=O) groups excluding carboxylic acids is 2. The fourth-order valence-corrected chi connectivity index (χ4v) is 6.10. The van der Waals surface area contributed by atoms with Gasteiger partial charge in [-0.2, -0.15) is 0 Å². The van der Waals surface area contributed by atoms with Crippen molar-refractivity contribution in [2.24, 2.45) is 0 Å². The number of aliphatic hydroxyl groups excluding tert-OH is 1. The molecule has 5 aromatic rings. The van der Waals surface area contributed by atoms with E-state index >= 15 is 0 Å². The van der Waals surface area contributed by atoms with Gasteiger partial charge in [-0.3, -0.25) is 18.9 Å². The van der Waals surface area contributed by atoms with Crippen molar-refractivity contribution >= 4 is 61.4 Å². The number of aryl methyl sites for hydroxylation is 1. The summed E-state index contributed by atoms with van der Waals surface area (Å²) in [5, 5.41) is 12.6. The number of aliphatic hydroxyl groups is 1. The largest absolute Gasteiger partial charge is 0.505 e. The van der Waals surface area contributed by atoms with Crippen LogP contribution in [0.4, 0.5) is 5.13 Å². The molecule has 3 aromatic heterocycles. The van der Waals surface area contributed by atoms with Crippen molar-refractivity contribution in [2.75, 3.05) is 11.5 Å². The summed E-state index contributed by atoms with van der Waals surface area (Å²) >= 11 is 7.44. The van der Waals surface area contributed by atoms with E-state index in [4.69, 9.17) is 16.3 Å². The van der Waals surface area contributed by atoms with E-state index in [0.717, 1.165) is 11.1 Å². The van der Waals surface area contributed by atoms with Gasteiger partial charge >= 0.3 is 5.91 Å². The second-order valence-corrected chi connectivity index (χ2v) is 10.6. The van der Waals surface area contributed by atoms with Crippen molar-refractivity contribution in [2.45, 2.75) is 26.3 Å². The van der Waals surface area contributed by atoms with Crippen LogP contribution in [0.5, 0.6) is 5.75 Å². The third kappa shape index (κ3) is 4.24. The minimum absolute atomic E-state index is 0.0340. The first-order chi connectivity index (χ1) is 18.9. The fourth-order valence-electron chi connectivity index (χ4n) is 4.83. The zero-order valence-corrected chi connectivity index (χ0v) is 22.7. The van der Waals surface area contributed by atoms with E-state index in [1.54, 1.807) is 66.1 Å². The molecular weight excluding hydrogens is 536 g/mol. The monoisotopic (exact) mass is 558 g/mol. The van der Waals surface area contributed by atoms with Gasteiger partial charge in [0.1, 0.15) is 17.1 Å². The maximum Gasteiger partial charge on any atom is 0.301 e. The van der Waals surface area contributed by atoms with Gasteiger partial charge in [0.05, 0.1) is 34.1 Å². The lowest BCUT2D eigenvalue weighted by atomic mass is 9.96. The molecule has 1 atom stereocenters. The molecule has 0 aliphatic carbocycles. The topological polar surface area (TPSA) is 97.0 Å². The Hall–Kier alpha value is -4.21. The summed E-state index contributed by atoms with van der Waals surface area (Å²) in [4.78, 5) is 37.7. The van der Waals surface area contributed by atoms with E-state index in [1.165, 1.54) is 16.2 Å². The molecule has 8 nitrogen and oxygen atoms in total. The number of ketones is 1. The van der Waals surface area contributed by atoms with E-state index in [0.29, 0.717) is 50.6 Å². The SMILES string of the molecule is CCCOc1ccc(C2C(=C(O)c3c(C)nc4ccccn34)C(=O)C(=O)N2c2nc3ccc(Cl)cc3s2)cc1. The normalized spacial score (nSPS) is 17.0. The molecule has 196 valence electrons. The number of nitrogens with zero attached hydrogens (tertiary/aromatic N) is 4. The first kappa shape index (κ1) is 25.1. The number of carbonyl (C=O) groups is 2. The van der Waals surface area contributed by atoms with Crippen LogP contribution in [-0.4, -0.2) is 37.8 Å². The summed E-state index contributed by atoms with van der Waals surface area (Å²) in [7, 11) is 0. The number of imidazole rings is 1. The van der Waals surface area contributed by atoms with E-state index in [9.17, 15) is 14.7 Å². The second kappa shape index (κ2) is 9.83. The van der Waals surface area contributed by atoms with Crippen LogP contribution in [0.1, 0.15) is 36.3 Å². The van der Waals surface area contributed by atoms with E-state index < -0.39 is 17.7 Å². The molecule has 1 saturated heterocycles. The number of halogens is 1. The highest BCUT2D eigenvalue weighted by Gasteiger charge is 2.48. The van der Waals surface area contributed by atoms with Gasteiger partial charge in [0.15, 0.2) is 10.9 Å². The van der Waals surface area contributed by atoms with Crippen LogP contribution >= 0.6 is 22.9 Å². The fraction of sp³-hybridized carbons (Fsp3) is 0.172. The van der Waals surface area contributed by atoms with Gasteiger partial charge in [-0.25, -0.2) is 9.97 Å². The smallest absolute Gasteiger partial charge is 0.301 e. The summed E-state index contributed by atoms with van der Waals surface area (Å²) in [5.41, 5.74) is 2.75. The first-order valence-corrected chi connectivity index (χ1v) is 13.6. The number of ether oxygens (including phenoxy) is 1. The highest BCUT2D eigenvalue weighted by atomic mass is 35.5. The number of hydrogen-bond donors (Lipinski definition) is 1. The van der Waals surface area contributed by atoms with Crippen LogP contribution in [0.2, 0.25) is 5.02 Å². The number of benzene rings is 2. The Morgan fingerprint density at radius 3 is 2.67 bits per heavy atom. The molecule has 39 heavy (non-hydrogen) atoms. The molecule has 1 amide bonds. The zero-order valence-electron chi connectivity index (χ0n) is 21.1. The van der Waals surface area contributed by atoms with Crippen molar-refractivity contribution in [1.82, 2.24) is 14.4 Å². The van der Waals surface area contributed by atoms with Gasteiger partial charge in [-0.05, 0) is 61.4 Å². The van der Waals surface area contributed by atoms with Crippen LogP contribution in [0.3, 0.4) is 0 Å². The molecule has 1 fully saturated rings. The number of aromatic nitrogens is 3. The van der Waals surface area contributed by atoms with E-state index in [2.05, 4.69) is 9.97 Å². The summed E-state index contributed by atoms with van der Waals surface area (Å²) in [6, 6.07) is 17.0. The van der Waals surface area contributed by atoms with Crippen molar-refractivity contribution in [3.8, 4) is 5.75 Å². The predicted octanol–water partition coefficient (Wildman–Crippen LogP) is 6.32. The molecule has 1 N–H and O–H groups in total. The Kier molecular flexibility index (Phi) is 6.32. The Labute approximate surface area is 232 Å². The van der Waals surface area contributed by atoms with Crippen molar-refractivity contribution in [3.05, 3.63) is 94.4 Å². The number of hydrogen-bond acceptors (Lipinski definition) is 7. The Morgan fingerprint density at radius 1 is 1.10 bits per heavy atom. The van der Waals surface area contributed by atoms with Crippen LogP contribution in [0.25, 0.3) is 21.6 Å². The van der Waals surface area contributed by atoms with Crippen molar-refractivity contribution < 1.29 is 19.4 Å². The minimum Gasteiger partial charge on any atom is -0.505 e. The second-order valence-electron chi connectivity index (χ2n) is 9.17. The van der Waals surface area contributed by atoms with Crippen molar-refractivity contribution in [1.29, 1.82) is 0 Å². The van der Waals surface area contributed by atoms with E-state index in [-0.39, 0.29) is 11.3 Å². The van der Waals surface area contributed by atoms with Gasteiger partial charge in [0, 0.05) is 11.2 Å².